The lowest BCUT2D eigenvalue weighted by atomic mass is 9.75. The molecule has 4 amide bonds. The maximum atomic E-state index is 12.9. The minimum Gasteiger partial charge on any atom is -0.432 e. The molecule has 2 saturated heterocycles. The fraction of sp³-hybridized carbons (Fsp3) is 0.261. The number of hydrogen-bond acceptors (Lipinski definition) is 8. The molecule has 4 heterocycles. The molecular weight excluding hydrogens is 737 g/mol. The zero-order chi connectivity index (χ0) is 40.0. The van der Waals surface area contributed by atoms with E-state index in [1.807, 2.05) is 84.9 Å². The van der Waals surface area contributed by atoms with Crippen molar-refractivity contribution in [2.45, 2.75) is 74.4 Å². The van der Waals surface area contributed by atoms with Crippen molar-refractivity contribution >= 4 is 45.5 Å². The normalized spacial score (nSPS) is 23.9. The summed E-state index contributed by atoms with van der Waals surface area (Å²) in [5.74, 6) is -1.04. The Hall–Kier alpha value is -6.82. The first-order valence-electron chi connectivity index (χ1n) is 19.6. The Labute approximate surface area is 332 Å². The zero-order valence-corrected chi connectivity index (χ0v) is 31.5. The summed E-state index contributed by atoms with van der Waals surface area (Å²) in [6.45, 7) is 0. The predicted octanol–water partition coefficient (Wildman–Crippen LogP) is 7.72. The van der Waals surface area contributed by atoms with Gasteiger partial charge < -0.3 is 19.4 Å². The molecule has 4 fully saturated rings. The smallest absolute Gasteiger partial charge is 0.415 e. The summed E-state index contributed by atoms with van der Waals surface area (Å²) in [6.07, 6.45) is 3.27. The number of H-pyrrole nitrogens is 2. The van der Waals surface area contributed by atoms with Gasteiger partial charge in [-0.1, -0.05) is 84.9 Å². The number of fused-ring (bicyclic) bond motifs is 2. The van der Waals surface area contributed by atoms with Crippen LogP contribution in [0.4, 0.5) is 9.59 Å². The van der Waals surface area contributed by atoms with Gasteiger partial charge in [0.05, 0.1) is 0 Å². The van der Waals surface area contributed by atoms with E-state index in [4.69, 9.17) is 9.47 Å². The Morgan fingerprint density at radius 2 is 0.897 bits per heavy atom. The monoisotopic (exact) mass is 776 g/mol. The number of carbonyl (C=O) groups is 4. The van der Waals surface area contributed by atoms with Gasteiger partial charge in [0.2, 0.25) is 0 Å². The molecule has 6 aromatic rings. The van der Waals surface area contributed by atoms with Crippen LogP contribution in [-0.2, 0) is 19.1 Å². The number of nitrogens with one attached hydrogen (secondary N) is 4. The van der Waals surface area contributed by atoms with E-state index < -0.39 is 35.2 Å². The maximum absolute atomic E-state index is 12.9. The molecule has 10 rings (SSSR count). The molecule has 2 saturated carbocycles. The molecule has 0 radical (unpaired) electrons. The van der Waals surface area contributed by atoms with Crippen molar-refractivity contribution in [1.82, 2.24) is 20.6 Å². The Morgan fingerprint density at radius 3 is 1.28 bits per heavy atom. The molecule has 4 atom stereocenters. The molecule has 2 aliphatic heterocycles. The molecule has 4 aromatic carbocycles. The standard InChI is InChI=1S/2C23H20N2O4/c2*26-20-18(17-6-3-11-23(13-17)21(27)25-22(28)29-23)9-10-19(24-20)16-8-7-14-4-1-2-5-15(14)12-16/h2*1-2,4-5,7-10,12,17H,3,6,11,13H2,(H,24,26)(H,25,27,28)/t17-,23+;17-,23-/m01/s1. The van der Waals surface area contributed by atoms with E-state index in [1.165, 1.54) is 0 Å². The van der Waals surface area contributed by atoms with Gasteiger partial charge in [0.15, 0.2) is 11.2 Å². The van der Waals surface area contributed by atoms with Crippen molar-refractivity contribution in [2.24, 2.45) is 0 Å². The van der Waals surface area contributed by atoms with Crippen LogP contribution < -0.4 is 21.8 Å². The zero-order valence-electron chi connectivity index (χ0n) is 31.5. The highest BCUT2D eigenvalue weighted by Gasteiger charge is 2.53. The third-order valence-electron chi connectivity index (χ3n) is 12.1. The minimum absolute atomic E-state index is 0.130. The maximum Gasteiger partial charge on any atom is 0.415 e. The average Bonchev–Trinajstić information content (AvgIpc) is 3.66. The molecule has 12 heteroatoms. The number of pyridine rings is 2. The second-order valence-electron chi connectivity index (χ2n) is 15.7. The Morgan fingerprint density at radius 1 is 0.483 bits per heavy atom. The molecule has 4 aliphatic rings. The topological polar surface area (TPSA) is 177 Å². The predicted molar refractivity (Wildman–Crippen MR) is 217 cm³/mol. The Kier molecular flexibility index (Phi) is 9.26. The molecule has 2 aliphatic carbocycles. The number of amides is 4. The first-order valence-corrected chi connectivity index (χ1v) is 19.6. The fourth-order valence-electron chi connectivity index (χ4n) is 9.18. The number of benzene rings is 4. The fourth-order valence-corrected chi connectivity index (χ4v) is 9.18. The van der Waals surface area contributed by atoms with Crippen molar-refractivity contribution in [3.05, 3.63) is 141 Å². The lowest BCUT2D eigenvalue weighted by Crippen LogP contribution is -2.43. The highest BCUT2D eigenvalue weighted by atomic mass is 16.6. The first-order chi connectivity index (χ1) is 28.1. The molecule has 0 bridgehead atoms. The lowest BCUT2D eigenvalue weighted by molar-refractivity contribution is -0.134. The summed E-state index contributed by atoms with van der Waals surface area (Å²) < 4.78 is 10.6. The molecule has 2 aromatic heterocycles. The highest BCUT2D eigenvalue weighted by Crippen LogP contribution is 2.43. The van der Waals surface area contributed by atoms with E-state index in [0.717, 1.165) is 69.7 Å². The van der Waals surface area contributed by atoms with Crippen LogP contribution in [0.25, 0.3) is 44.1 Å². The van der Waals surface area contributed by atoms with Gasteiger partial charge in [-0.3, -0.25) is 29.8 Å². The lowest BCUT2D eigenvalue weighted by Gasteiger charge is -2.33. The van der Waals surface area contributed by atoms with E-state index in [2.05, 4.69) is 44.9 Å². The number of hydrogen-bond donors (Lipinski definition) is 4. The van der Waals surface area contributed by atoms with E-state index >= 15 is 0 Å². The minimum atomic E-state index is -1.14. The van der Waals surface area contributed by atoms with Crippen LogP contribution in [0.1, 0.15) is 74.3 Å². The number of rotatable bonds is 4. The summed E-state index contributed by atoms with van der Waals surface area (Å²) in [4.78, 5) is 79.2. The molecule has 58 heavy (non-hydrogen) atoms. The molecule has 292 valence electrons. The van der Waals surface area contributed by atoms with E-state index in [0.29, 0.717) is 36.8 Å². The number of carbonyl (C=O) groups excluding carboxylic acids is 4. The van der Waals surface area contributed by atoms with E-state index in [-0.39, 0.29) is 23.0 Å². The van der Waals surface area contributed by atoms with Crippen molar-refractivity contribution in [1.29, 1.82) is 0 Å². The number of aromatic amines is 2. The quantitative estimate of drug-likeness (QED) is 0.141. The van der Waals surface area contributed by atoms with E-state index in [1.54, 1.807) is 0 Å². The Bertz CT molecular complexity index is 2590. The number of alkyl carbamates (subject to hydrolysis) is 2. The third kappa shape index (κ3) is 6.84. The van der Waals surface area contributed by atoms with Crippen LogP contribution in [-0.4, -0.2) is 45.2 Å². The summed E-state index contributed by atoms with van der Waals surface area (Å²) in [5, 5.41) is 8.96. The van der Waals surface area contributed by atoms with Crippen molar-refractivity contribution in [3.8, 4) is 22.5 Å². The van der Waals surface area contributed by atoms with Gasteiger partial charge in [-0.05, 0) is 107 Å². The summed E-state index contributed by atoms with van der Waals surface area (Å²) >= 11 is 0. The summed E-state index contributed by atoms with van der Waals surface area (Å²) in [7, 11) is 0. The van der Waals surface area contributed by atoms with E-state index in [9.17, 15) is 28.8 Å². The first kappa shape index (κ1) is 36.8. The molecule has 2 spiro atoms. The number of imide groups is 2. The van der Waals surface area contributed by atoms with Gasteiger partial charge in [-0.15, -0.1) is 0 Å². The van der Waals surface area contributed by atoms with Crippen molar-refractivity contribution in [3.63, 3.8) is 0 Å². The van der Waals surface area contributed by atoms with Gasteiger partial charge in [-0.25, -0.2) is 9.59 Å². The molecule has 4 N–H and O–H groups in total. The van der Waals surface area contributed by atoms with Crippen LogP contribution in [0.5, 0.6) is 0 Å². The Balaban J connectivity index is 0.000000150. The van der Waals surface area contributed by atoms with Crippen LogP contribution in [0.15, 0.2) is 119 Å². The van der Waals surface area contributed by atoms with Crippen molar-refractivity contribution in [2.75, 3.05) is 0 Å². The van der Waals surface area contributed by atoms with Crippen LogP contribution in [0.2, 0.25) is 0 Å². The SMILES string of the molecule is O=C1NC(=O)[C@]2(CCC[C@@H](c3ccc(-c4ccc5ccccc5c4)[nH]c3=O)C2)O1.O=C1NC(=O)[C@]2(CCC[C@H](c3ccc(-c4ccc5ccccc5c4)[nH]c3=O)C2)O1. The largest absolute Gasteiger partial charge is 0.432 e. The average molecular weight is 777 g/mol. The third-order valence-corrected chi connectivity index (χ3v) is 12.1. The van der Waals surface area contributed by atoms with Crippen LogP contribution in [0.3, 0.4) is 0 Å². The highest BCUT2D eigenvalue weighted by molar-refractivity contribution is 6.03. The van der Waals surface area contributed by atoms with Gasteiger partial charge in [0, 0.05) is 35.4 Å². The number of aromatic nitrogens is 2. The second-order valence-corrected chi connectivity index (χ2v) is 15.7. The number of ether oxygens (including phenoxy) is 2. The summed E-state index contributed by atoms with van der Waals surface area (Å²) in [5.41, 5.74) is 2.04. The molecular formula is C46H40N4O8. The van der Waals surface area contributed by atoms with Gasteiger partial charge >= 0.3 is 12.2 Å². The van der Waals surface area contributed by atoms with Crippen LogP contribution >= 0.6 is 0 Å². The van der Waals surface area contributed by atoms with Gasteiger partial charge in [0.25, 0.3) is 22.9 Å². The van der Waals surface area contributed by atoms with Gasteiger partial charge in [0.1, 0.15) is 0 Å². The van der Waals surface area contributed by atoms with Crippen molar-refractivity contribution < 1.29 is 28.7 Å². The summed E-state index contributed by atoms with van der Waals surface area (Å²) in [6, 6.07) is 35.8. The molecule has 0 unspecified atom stereocenters. The van der Waals surface area contributed by atoms with Crippen LogP contribution in [0, 0.1) is 0 Å². The van der Waals surface area contributed by atoms with Gasteiger partial charge in [-0.2, -0.15) is 0 Å². The second kappa shape index (κ2) is 14.6. The molecule has 12 nitrogen and oxygen atoms in total.